The van der Waals surface area contributed by atoms with Crippen LogP contribution in [0, 0.1) is 0 Å². The first-order chi connectivity index (χ1) is 14.6. The van der Waals surface area contributed by atoms with Gasteiger partial charge < -0.3 is 9.47 Å². The Bertz CT molecular complexity index is 431. The fraction of sp³-hybridized carbons (Fsp3) is 0.846. The number of carbonyl (C=O) groups is 2. The number of ether oxygens (including phenoxy) is 2. The summed E-state index contributed by atoms with van der Waals surface area (Å²) in [6.45, 7) is 6.78. The fourth-order valence-corrected chi connectivity index (χ4v) is 3.46. The van der Waals surface area contributed by atoms with Gasteiger partial charge in [-0.3, -0.25) is 0 Å². The molecular formula is C26H48O4. The first-order valence-corrected chi connectivity index (χ1v) is 12.7. The van der Waals surface area contributed by atoms with Crippen molar-refractivity contribution in [2.45, 2.75) is 136 Å². The lowest BCUT2D eigenvalue weighted by molar-refractivity contribution is -0.143. The quantitative estimate of drug-likeness (QED) is 0.108. The molecule has 0 saturated carbocycles. The van der Waals surface area contributed by atoms with Crippen LogP contribution in [0.1, 0.15) is 130 Å². The van der Waals surface area contributed by atoms with Crippen LogP contribution in [0.2, 0.25) is 0 Å². The molecule has 0 aromatic carbocycles. The highest BCUT2D eigenvalue weighted by molar-refractivity contribution is 5.91. The lowest BCUT2D eigenvalue weighted by Crippen LogP contribution is -2.13. The normalized spacial score (nSPS) is 12.2. The Labute approximate surface area is 186 Å². The van der Waals surface area contributed by atoms with Crippen molar-refractivity contribution in [2.75, 3.05) is 6.61 Å². The van der Waals surface area contributed by atoms with Crippen LogP contribution < -0.4 is 0 Å². The molecule has 0 radical (unpaired) electrons. The second-order valence-corrected chi connectivity index (χ2v) is 8.49. The molecule has 1 atom stereocenters. The molecule has 0 saturated heterocycles. The van der Waals surface area contributed by atoms with Crippen LogP contribution in [-0.2, 0) is 19.1 Å². The van der Waals surface area contributed by atoms with Gasteiger partial charge in [-0.05, 0) is 26.2 Å². The molecule has 0 aliphatic carbocycles. The van der Waals surface area contributed by atoms with Gasteiger partial charge in [-0.2, -0.15) is 0 Å². The molecule has 4 nitrogen and oxygen atoms in total. The van der Waals surface area contributed by atoms with Crippen molar-refractivity contribution in [1.82, 2.24) is 0 Å². The zero-order valence-electron chi connectivity index (χ0n) is 20.1. The SMILES string of the molecule is CCCCCCCCCCCCOC(=O)/C=C/C(=O)OC(C)CCCCCCCC. The van der Waals surface area contributed by atoms with Crippen molar-refractivity contribution < 1.29 is 19.1 Å². The summed E-state index contributed by atoms with van der Waals surface area (Å²) < 4.78 is 10.5. The summed E-state index contributed by atoms with van der Waals surface area (Å²) in [6.07, 6.45) is 22.9. The van der Waals surface area contributed by atoms with Crippen LogP contribution in [0.15, 0.2) is 12.2 Å². The number of esters is 2. The lowest BCUT2D eigenvalue weighted by Gasteiger charge is -2.11. The molecule has 176 valence electrons. The summed E-state index contributed by atoms with van der Waals surface area (Å²) in [5.41, 5.74) is 0. The Morgan fingerprint density at radius 3 is 1.60 bits per heavy atom. The zero-order chi connectivity index (χ0) is 22.3. The fourth-order valence-electron chi connectivity index (χ4n) is 3.46. The van der Waals surface area contributed by atoms with Gasteiger partial charge in [0.15, 0.2) is 0 Å². The van der Waals surface area contributed by atoms with Gasteiger partial charge in [-0.1, -0.05) is 104 Å². The molecule has 0 N–H and O–H groups in total. The Balaban J connectivity index is 3.56. The minimum atomic E-state index is -0.468. The van der Waals surface area contributed by atoms with Gasteiger partial charge in [0.25, 0.3) is 0 Å². The standard InChI is InChI=1S/C26H48O4/c1-4-6-8-10-12-13-14-15-17-19-23-29-25(27)21-22-26(28)30-24(3)20-18-16-11-9-7-5-2/h21-22,24H,4-20,23H2,1-3H3/b22-21+. The number of unbranched alkanes of at least 4 members (excludes halogenated alkanes) is 14. The van der Waals surface area contributed by atoms with E-state index in [1.54, 1.807) is 0 Å². The van der Waals surface area contributed by atoms with E-state index in [0.29, 0.717) is 6.61 Å². The Morgan fingerprint density at radius 2 is 1.07 bits per heavy atom. The third-order valence-corrected chi connectivity index (χ3v) is 5.38. The molecule has 1 unspecified atom stereocenters. The second-order valence-electron chi connectivity index (χ2n) is 8.49. The van der Waals surface area contributed by atoms with E-state index in [1.165, 1.54) is 95.6 Å². The van der Waals surface area contributed by atoms with Crippen LogP contribution in [0.25, 0.3) is 0 Å². The molecule has 0 fully saturated rings. The highest BCUT2D eigenvalue weighted by atomic mass is 16.5. The van der Waals surface area contributed by atoms with Gasteiger partial charge in [-0.25, -0.2) is 9.59 Å². The second kappa shape index (κ2) is 22.4. The van der Waals surface area contributed by atoms with Crippen molar-refractivity contribution in [3.63, 3.8) is 0 Å². The molecule has 0 bridgehead atoms. The van der Waals surface area contributed by atoms with Gasteiger partial charge >= 0.3 is 11.9 Å². The largest absolute Gasteiger partial charge is 0.463 e. The molecule has 0 aliphatic heterocycles. The van der Waals surface area contributed by atoms with Crippen molar-refractivity contribution in [3.8, 4) is 0 Å². The van der Waals surface area contributed by atoms with Crippen molar-refractivity contribution in [1.29, 1.82) is 0 Å². The van der Waals surface area contributed by atoms with Crippen molar-refractivity contribution in [2.24, 2.45) is 0 Å². The molecule has 0 aromatic heterocycles. The Kier molecular flexibility index (Phi) is 21.4. The number of carbonyl (C=O) groups excluding carboxylic acids is 2. The smallest absolute Gasteiger partial charge is 0.331 e. The van der Waals surface area contributed by atoms with E-state index in [1.807, 2.05) is 6.92 Å². The van der Waals surface area contributed by atoms with Crippen LogP contribution in [0.4, 0.5) is 0 Å². The molecule has 0 aromatic rings. The molecule has 0 aliphatic rings. The van der Waals surface area contributed by atoms with Crippen LogP contribution in [-0.4, -0.2) is 24.6 Å². The van der Waals surface area contributed by atoms with E-state index in [-0.39, 0.29) is 6.10 Å². The molecule has 0 rings (SSSR count). The van der Waals surface area contributed by atoms with E-state index in [0.717, 1.165) is 25.7 Å². The molecular weight excluding hydrogens is 376 g/mol. The van der Waals surface area contributed by atoms with Gasteiger partial charge in [-0.15, -0.1) is 0 Å². The van der Waals surface area contributed by atoms with Gasteiger partial charge in [0.05, 0.1) is 12.7 Å². The van der Waals surface area contributed by atoms with Crippen LogP contribution in [0.5, 0.6) is 0 Å². The third kappa shape index (κ3) is 21.4. The minimum absolute atomic E-state index is 0.115. The monoisotopic (exact) mass is 424 g/mol. The Morgan fingerprint density at radius 1 is 0.633 bits per heavy atom. The van der Waals surface area contributed by atoms with Gasteiger partial charge in [0.2, 0.25) is 0 Å². The third-order valence-electron chi connectivity index (χ3n) is 5.38. The maximum atomic E-state index is 11.8. The number of hydrogen-bond donors (Lipinski definition) is 0. The van der Waals surface area contributed by atoms with E-state index in [2.05, 4.69) is 13.8 Å². The topological polar surface area (TPSA) is 52.6 Å². The zero-order valence-corrected chi connectivity index (χ0v) is 20.1. The van der Waals surface area contributed by atoms with E-state index in [4.69, 9.17) is 9.47 Å². The van der Waals surface area contributed by atoms with E-state index in [9.17, 15) is 9.59 Å². The summed E-state index contributed by atoms with van der Waals surface area (Å²) in [5.74, 6) is -0.934. The first kappa shape index (κ1) is 28.7. The van der Waals surface area contributed by atoms with Crippen LogP contribution >= 0.6 is 0 Å². The predicted octanol–water partition coefficient (Wildman–Crippen LogP) is 7.69. The average Bonchev–Trinajstić information content (AvgIpc) is 2.73. The van der Waals surface area contributed by atoms with E-state index >= 15 is 0 Å². The molecule has 4 heteroatoms. The molecule has 0 spiro atoms. The minimum Gasteiger partial charge on any atom is -0.463 e. The number of rotatable bonds is 21. The summed E-state index contributed by atoms with van der Waals surface area (Å²) in [5, 5.41) is 0. The molecule has 30 heavy (non-hydrogen) atoms. The Hall–Kier alpha value is -1.32. The van der Waals surface area contributed by atoms with Crippen molar-refractivity contribution in [3.05, 3.63) is 12.2 Å². The summed E-state index contributed by atoms with van der Waals surface area (Å²) in [6, 6.07) is 0. The average molecular weight is 425 g/mol. The number of hydrogen-bond acceptors (Lipinski definition) is 4. The summed E-state index contributed by atoms with van der Waals surface area (Å²) >= 11 is 0. The van der Waals surface area contributed by atoms with Crippen molar-refractivity contribution >= 4 is 11.9 Å². The van der Waals surface area contributed by atoms with Gasteiger partial charge in [0, 0.05) is 12.2 Å². The van der Waals surface area contributed by atoms with E-state index < -0.39 is 11.9 Å². The predicted molar refractivity (Wildman–Crippen MR) is 125 cm³/mol. The summed E-state index contributed by atoms with van der Waals surface area (Å²) in [7, 11) is 0. The maximum absolute atomic E-state index is 11.8. The van der Waals surface area contributed by atoms with Crippen LogP contribution in [0.3, 0.4) is 0 Å². The first-order valence-electron chi connectivity index (χ1n) is 12.7. The molecule has 0 amide bonds. The molecule has 0 heterocycles. The maximum Gasteiger partial charge on any atom is 0.331 e. The highest BCUT2D eigenvalue weighted by Crippen LogP contribution is 2.11. The highest BCUT2D eigenvalue weighted by Gasteiger charge is 2.07. The lowest BCUT2D eigenvalue weighted by atomic mass is 10.1. The van der Waals surface area contributed by atoms with Gasteiger partial charge in [0.1, 0.15) is 0 Å². The summed E-state index contributed by atoms with van der Waals surface area (Å²) in [4.78, 5) is 23.4.